The highest BCUT2D eigenvalue weighted by Crippen LogP contribution is 2.35. The van der Waals surface area contributed by atoms with Crippen LogP contribution < -0.4 is 0 Å². The zero-order valence-electron chi connectivity index (χ0n) is 14.6. The van der Waals surface area contributed by atoms with Gasteiger partial charge in [0, 0.05) is 12.6 Å². The molecule has 0 N–H and O–H groups in total. The van der Waals surface area contributed by atoms with Gasteiger partial charge in [-0.15, -0.1) is 20.4 Å². The standard InChI is InChI=1S/C18H17N5O2S/c1-11-6-8-13(9-7-11)17-21-20-16(25-17)12(2)26-18-22-19-15(23(18)3)14-5-4-10-24-14/h4-10,12H,1-3H3/t12-/m1/s1. The van der Waals surface area contributed by atoms with E-state index in [2.05, 4.69) is 20.4 Å². The normalized spacial score (nSPS) is 12.4. The van der Waals surface area contributed by atoms with Crippen LogP contribution in [0, 0.1) is 6.92 Å². The highest BCUT2D eigenvalue weighted by Gasteiger charge is 2.20. The van der Waals surface area contributed by atoms with Gasteiger partial charge in [0.2, 0.25) is 11.8 Å². The minimum absolute atomic E-state index is 0.0611. The predicted molar refractivity (Wildman–Crippen MR) is 97.4 cm³/mol. The van der Waals surface area contributed by atoms with Crippen LogP contribution in [0.3, 0.4) is 0 Å². The average Bonchev–Trinajstić information content (AvgIpc) is 3.37. The summed E-state index contributed by atoms with van der Waals surface area (Å²) in [7, 11) is 1.90. The number of rotatable bonds is 5. The van der Waals surface area contributed by atoms with Crippen LogP contribution >= 0.6 is 11.8 Å². The van der Waals surface area contributed by atoms with Crippen LogP contribution in [0.5, 0.6) is 0 Å². The van der Waals surface area contributed by atoms with Crippen molar-refractivity contribution in [2.24, 2.45) is 7.05 Å². The second-order valence-electron chi connectivity index (χ2n) is 5.91. The Hall–Kier alpha value is -2.87. The Kier molecular flexibility index (Phi) is 4.34. The molecular weight excluding hydrogens is 350 g/mol. The molecule has 0 aliphatic heterocycles. The third-order valence-electron chi connectivity index (χ3n) is 3.95. The van der Waals surface area contributed by atoms with Crippen molar-refractivity contribution in [3.05, 3.63) is 54.1 Å². The van der Waals surface area contributed by atoms with Gasteiger partial charge in [-0.25, -0.2) is 0 Å². The molecule has 0 saturated carbocycles. The SMILES string of the molecule is Cc1ccc(-c2nnc([C@@H](C)Sc3nnc(-c4ccco4)n3C)o2)cc1. The van der Waals surface area contributed by atoms with Gasteiger partial charge in [0.25, 0.3) is 0 Å². The Morgan fingerprint density at radius 1 is 1.04 bits per heavy atom. The summed E-state index contributed by atoms with van der Waals surface area (Å²) in [6.07, 6.45) is 1.62. The summed E-state index contributed by atoms with van der Waals surface area (Å²) in [5.41, 5.74) is 2.09. The van der Waals surface area contributed by atoms with E-state index in [4.69, 9.17) is 8.83 Å². The van der Waals surface area contributed by atoms with Crippen molar-refractivity contribution in [1.29, 1.82) is 0 Å². The fourth-order valence-electron chi connectivity index (χ4n) is 2.46. The van der Waals surface area contributed by atoms with Crippen LogP contribution in [0.1, 0.15) is 23.6 Å². The van der Waals surface area contributed by atoms with E-state index in [9.17, 15) is 0 Å². The second-order valence-corrected chi connectivity index (χ2v) is 7.22. The quantitative estimate of drug-likeness (QED) is 0.487. The number of furan rings is 1. The Labute approximate surface area is 154 Å². The lowest BCUT2D eigenvalue weighted by Crippen LogP contribution is -1.96. The largest absolute Gasteiger partial charge is 0.461 e. The molecule has 1 aromatic carbocycles. The number of aryl methyl sites for hydroxylation is 1. The first-order valence-corrected chi connectivity index (χ1v) is 9.00. The van der Waals surface area contributed by atoms with E-state index in [1.54, 1.807) is 6.26 Å². The molecule has 1 atom stereocenters. The lowest BCUT2D eigenvalue weighted by Gasteiger charge is -2.06. The molecule has 0 radical (unpaired) electrons. The summed E-state index contributed by atoms with van der Waals surface area (Å²) in [5, 5.41) is 17.5. The number of thioether (sulfide) groups is 1. The molecule has 3 aromatic heterocycles. The van der Waals surface area contributed by atoms with E-state index < -0.39 is 0 Å². The van der Waals surface area contributed by atoms with Crippen LogP contribution in [0.25, 0.3) is 23.0 Å². The summed E-state index contributed by atoms with van der Waals surface area (Å²) >= 11 is 1.50. The molecule has 26 heavy (non-hydrogen) atoms. The lowest BCUT2D eigenvalue weighted by molar-refractivity contribution is 0.508. The van der Waals surface area contributed by atoms with Gasteiger partial charge in [0.1, 0.15) is 0 Å². The van der Waals surface area contributed by atoms with E-state index in [0.717, 1.165) is 10.7 Å². The van der Waals surface area contributed by atoms with Gasteiger partial charge in [0.05, 0.1) is 11.5 Å². The van der Waals surface area contributed by atoms with Gasteiger partial charge >= 0.3 is 0 Å². The van der Waals surface area contributed by atoms with E-state index in [1.165, 1.54) is 17.3 Å². The van der Waals surface area contributed by atoms with Gasteiger partial charge in [-0.1, -0.05) is 29.5 Å². The first kappa shape index (κ1) is 16.6. The van der Waals surface area contributed by atoms with Crippen molar-refractivity contribution in [3.8, 4) is 23.0 Å². The van der Waals surface area contributed by atoms with Crippen LogP contribution in [-0.2, 0) is 7.05 Å². The minimum atomic E-state index is -0.0611. The molecule has 3 heterocycles. The van der Waals surface area contributed by atoms with Crippen LogP contribution in [0.15, 0.2) is 56.7 Å². The Morgan fingerprint density at radius 2 is 1.85 bits per heavy atom. The van der Waals surface area contributed by atoms with Crippen molar-refractivity contribution in [1.82, 2.24) is 25.0 Å². The summed E-state index contributed by atoms with van der Waals surface area (Å²) in [6.45, 7) is 4.04. The van der Waals surface area contributed by atoms with Crippen molar-refractivity contribution < 1.29 is 8.83 Å². The fraction of sp³-hybridized carbons (Fsp3) is 0.222. The van der Waals surface area contributed by atoms with E-state index in [0.29, 0.717) is 23.4 Å². The highest BCUT2D eigenvalue weighted by atomic mass is 32.2. The molecule has 4 aromatic rings. The molecule has 0 fully saturated rings. The number of aromatic nitrogens is 5. The number of hydrogen-bond acceptors (Lipinski definition) is 7. The molecule has 0 spiro atoms. The minimum Gasteiger partial charge on any atom is -0.461 e. The third-order valence-corrected chi connectivity index (χ3v) is 5.07. The van der Waals surface area contributed by atoms with Crippen LogP contribution in [0.4, 0.5) is 0 Å². The van der Waals surface area contributed by atoms with Crippen molar-refractivity contribution in [2.75, 3.05) is 0 Å². The lowest BCUT2D eigenvalue weighted by atomic mass is 10.1. The molecule has 0 unspecified atom stereocenters. The van der Waals surface area contributed by atoms with Gasteiger partial charge < -0.3 is 13.4 Å². The van der Waals surface area contributed by atoms with E-state index >= 15 is 0 Å². The Bertz CT molecular complexity index is 1000. The molecule has 0 saturated heterocycles. The van der Waals surface area contributed by atoms with E-state index in [1.807, 2.05) is 61.9 Å². The van der Waals surface area contributed by atoms with E-state index in [-0.39, 0.29) is 5.25 Å². The molecular formula is C18H17N5O2S. The Morgan fingerprint density at radius 3 is 2.58 bits per heavy atom. The molecule has 7 nitrogen and oxygen atoms in total. The molecule has 4 rings (SSSR count). The first-order chi connectivity index (χ1) is 12.6. The molecule has 0 aliphatic rings. The molecule has 132 valence electrons. The summed E-state index contributed by atoms with van der Waals surface area (Å²) in [4.78, 5) is 0. The maximum absolute atomic E-state index is 5.84. The monoisotopic (exact) mass is 367 g/mol. The van der Waals surface area contributed by atoms with Crippen molar-refractivity contribution in [2.45, 2.75) is 24.3 Å². The fourth-order valence-corrected chi connectivity index (χ4v) is 3.30. The molecule has 0 amide bonds. The molecule has 8 heteroatoms. The summed E-state index contributed by atoms with van der Waals surface area (Å²) in [6, 6.07) is 11.7. The van der Waals surface area contributed by atoms with Crippen LogP contribution in [0.2, 0.25) is 0 Å². The van der Waals surface area contributed by atoms with Gasteiger partial charge in [-0.2, -0.15) is 0 Å². The highest BCUT2D eigenvalue weighted by molar-refractivity contribution is 7.99. The number of nitrogens with zero attached hydrogens (tertiary/aromatic N) is 5. The molecule has 0 bridgehead atoms. The van der Waals surface area contributed by atoms with Gasteiger partial charge in [0.15, 0.2) is 16.7 Å². The van der Waals surface area contributed by atoms with Gasteiger partial charge in [-0.3, -0.25) is 0 Å². The average molecular weight is 367 g/mol. The van der Waals surface area contributed by atoms with Gasteiger partial charge in [-0.05, 0) is 38.1 Å². The number of hydrogen-bond donors (Lipinski definition) is 0. The van der Waals surface area contributed by atoms with Crippen LogP contribution in [-0.4, -0.2) is 25.0 Å². The third kappa shape index (κ3) is 3.15. The zero-order chi connectivity index (χ0) is 18.1. The number of benzene rings is 1. The topological polar surface area (TPSA) is 82.8 Å². The second kappa shape index (κ2) is 6.80. The maximum atomic E-state index is 5.84. The zero-order valence-corrected chi connectivity index (χ0v) is 15.4. The smallest absolute Gasteiger partial charge is 0.247 e. The first-order valence-electron chi connectivity index (χ1n) is 8.12. The summed E-state index contributed by atoms with van der Waals surface area (Å²) < 4.78 is 13.1. The molecule has 0 aliphatic carbocycles. The maximum Gasteiger partial charge on any atom is 0.247 e. The van der Waals surface area contributed by atoms with Crippen molar-refractivity contribution >= 4 is 11.8 Å². The van der Waals surface area contributed by atoms with Crippen molar-refractivity contribution in [3.63, 3.8) is 0 Å². The Balaban J connectivity index is 1.52. The predicted octanol–water partition coefficient (Wildman–Crippen LogP) is 4.29. The summed E-state index contributed by atoms with van der Waals surface area (Å²) in [5.74, 6) is 2.42.